The van der Waals surface area contributed by atoms with E-state index in [1.807, 2.05) is 11.8 Å². The zero-order valence-corrected chi connectivity index (χ0v) is 10.8. The zero-order chi connectivity index (χ0) is 13.7. The Kier molecular flexibility index (Phi) is 4.46. The summed E-state index contributed by atoms with van der Waals surface area (Å²) in [6.45, 7) is 3.75. The Labute approximate surface area is 111 Å². The fraction of sp³-hybridized carbons (Fsp3) is 0.462. The Bertz CT molecular complexity index is 450. The number of nitrogens with one attached hydrogen (secondary N) is 1. The van der Waals surface area contributed by atoms with Crippen molar-refractivity contribution in [1.29, 1.82) is 0 Å². The molecule has 1 unspecified atom stereocenters. The van der Waals surface area contributed by atoms with E-state index in [4.69, 9.17) is 4.74 Å². The highest BCUT2D eigenvalue weighted by Crippen LogP contribution is 2.13. The van der Waals surface area contributed by atoms with Crippen LogP contribution in [0.4, 0.5) is 5.69 Å². The average molecular weight is 263 g/mol. The summed E-state index contributed by atoms with van der Waals surface area (Å²) in [5.74, 6) is -0.537. The number of hydrogen-bond donors (Lipinski definition) is 1. The first kappa shape index (κ1) is 13.5. The number of rotatable bonds is 4. The molecule has 0 radical (unpaired) electrons. The molecule has 1 aliphatic heterocycles. The summed E-state index contributed by atoms with van der Waals surface area (Å²) in [6, 6.07) is 3.00. The number of cyclic esters (lactones) is 1. The lowest BCUT2D eigenvalue weighted by Crippen LogP contribution is -2.50. The second-order valence-corrected chi connectivity index (χ2v) is 4.31. The van der Waals surface area contributed by atoms with Crippen LogP contribution < -0.4 is 5.32 Å². The zero-order valence-electron chi connectivity index (χ0n) is 10.8. The summed E-state index contributed by atoms with van der Waals surface area (Å²) in [5, 5.41) is 2.72. The van der Waals surface area contributed by atoms with Crippen LogP contribution in [0.5, 0.6) is 0 Å². The third kappa shape index (κ3) is 3.51. The van der Waals surface area contributed by atoms with Gasteiger partial charge in [0.05, 0.1) is 18.3 Å². The molecule has 1 aromatic rings. The van der Waals surface area contributed by atoms with E-state index in [2.05, 4.69) is 10.3 Å². The van der Waals surface area contributed by atoms with Crippen LogP contribution in [-0.4, -0.2) is 47.5 Å². The second-order valence-electron chi connectivity index (χ2n) is 4.31. The van der Waals surface area contributed by atoms with Crippen molar-refractivity contribution in [2.75, 3.05) is 25.0 Å². The van der Waals surface area contributed by atoms with Gasteiger partial charge in [0.25, 0.3) is 0 Å². The minimum Gasteiger partial charge on any atom is -0.463 e. The highest BCUT2D eigenvalue weighted by molar-refractivity contribution is 5.94. The molecule has 1 atom stereocenters. The number of nitrogens with zero attached hydrogens (tertiary/aromatic N) is 2. The number of morpholine rings is 1. The SMILES string of the molecule is CCN1CCOC(=O)C1CC(=O)Nc1cccnc1. The molecular formula is C13H17N3O3. The molecule has 6 heteroatoms. The van der Waals surface area contributed by atoms with E-state index in [9.17, 15) is 9.59 Å². The average Bonchev–Trinajstić information content (AvgIpc) is 2.42. The van der Waals surface area contributed by atoms with Gasteiger partial charge in [0, 0.05) is 12.7 Å². The summed E-state index contributed by atoms with van der Waals surface area (Å²) in [7, 11) is 0. The molecule has 2 rings (SSSR count). The largest absolute Gasteiger partial charge is 0.463 e. The number of anilines is 1. The minimum absolute atomic E-state index is 0.0988. The Hall–Kier alpha value is -1.95. The number of carbonyl (C=O) groups is 2. The smallest absolute Gasteiger partial charge is 0.323 e. The minimum atomic E-state index is -0.490. The monoisotopic (exact) mass is 263 g/mol. The molecule has 2 heterocycles. The number of pyridine rings is 1. The molecule has 0 spiro atoms. The van der Waals surface area contributed by atoms with Crippen LogP contribution >= 0.6 is 0 Å². The van der Waals surface area contributed by atoms with Crippen LogP contribution in [0, 0.1) is 0 Å². The number of esters is 1. The first-order valence-electron chi connectivity index (χ1n) is 6.31. The van der Waals surface area contributed by atoms with Crippen molar-refractivity contribution >= 4 is 17.6 Å². The van der Waals surface area contributed by atoms with Crippen molar-refractivity contribution in [2.24, 2.45) is 0 Å². The van der Waals surface area contributed by atoms with Crippen molar-refractivity contribution in [3.8, 4) is 0 Å². The summed E-state index contributed by atoms with van der Waals surface area (Å²) in [5.41, 5.74) is 0.625. The van der Waals surface area contributed by atoms with Crippen molar-refractivity contribution < 1.29 is 14.3 Å². The van der Waals surface area contributed by atoms with Gasteiger partial charge in [-0.05, 0) is 18.7 Å². The fourth-order valence-electron chi connectivity index (χ4n) is 2.08. The summed E-state index contributed by atoms with van der Waals surface area (Å²) in [4.78, 5) is 29.5. The molecule has 0 bridgehead atoms. The van der Waals surface area contributed by atoms with Gasteiger partial charge in [-0.3, -0.25) is 19.5 Å². The summed E-state index contributed by atoms with van der Waals surface area (Å²) in [6.07, 6.45) is 3.29. The van der Waals surface area contributed by atoms with Gasteiger partial charge < -0.3 is 10.1 Å². The molecule has 19 heavy (non-hydrogen) atoms. The summed E-state index contributed by atoms with van der Waals surface area (Å²) < 4.78 is 5.00. The van der Waals surface area contributed by atoms with E-state index < -0.39 is 6.04 Å². The quantitative estimate of drug-likeness (QED) is 0.808. The maximum absolute atomic E-state index is 11.9. The number of ether oxygens (including phenoxy) is 1. The molecule has 0 aromatic carbocycles. The standard InChI is InChI=1S/C13H17N3O3/c1-2-16-6-7-19-13(18)11(16)8-12(17)15-10-4-3-5-14-9-10/h3-5,9,11H,2,6-8H2,1H3,(H,15,17). The van der Waals surface area contributed by atoms with Crippen molar-refractivity contribution in [1.82, 2.24) is 9.88 Å². The second kappa shape index (κ2) is 6.29. The van der Waals surface area contributed by atoms with Crippen LogP contribution in [0.15, 0.2) is 24.5 Å². The fourth-order valence-corrected chi connectivity index (χ4v) is 2.08. The molecule has 1 aliphatic rings. The Morgan fingerprint density at radius 3 is 3.16 bits per heavy atom. The predicted octanol–water partition coefficient (Wildman–Crippen LogP) is 0.657. The van der Waals surface area contributed by atoms with E-state index in [1.165, 1.54) is 0 Å². The topological polar surface area (TPSA) is 71.5 Å². The van der Waals surface area contributed by atoms with Gasteiger partial charge in [0.2, 0.25) is 5.91 Å². The van der Waals surface area contributed by atoms with Crippen molar-refractivity contribution in [3.63, 3.8) is 0 Å². The Morgan fingerprint density at radius 1 is 1.63 bits per heavy atom. The van der Waals surface area contributed by atoms with Gasteiger partial charge in [-0.2, -0.15) is 0 Å². The lowest BCUT2D eigenvalue weighted by molar-refractivity contribution is -0.158. The molecule has 1 fully saturated rings. The van der Waals surface area contributed by atoms with Crippen molar-refractivity contribution in [2.45, 2.75) is 19.4 Å². The van der Waals surface area contributed by atoms with Crippen LogP contribution in [-0.2, 0) is 14.3 Å². The number of aromatic nitrogens is 1. The molecule has 1 amide bonds. The third-order valence-corrected chi connectivity index (χ3v) is 3.07. The third-order valence-electron chi connectivity index (χ3n) is 3.07. The van der Waals surface area contributed by atoms with Crippen LogP contribution in [0.1, 0.15) is 13.3 Å². The van der Waals surface area contributed by atoms with Gasteiger partial charge in [0.1, 0.15) is 12.6 Å². The van der Waals surface area contributed by atoms with E-state index in [-0.39, 0.29) is 18.3 Å². The van der Waals surface area contributed by atoms with Gasteiger partial charge in [-0.1, -0.05) is 6.92 Å². The molecule has 102 valence electrons. The first-order chi connectivity index (χ1) is 9.20. The van der Waals surface area contributed by atoms with Gasteiger partial charge in [-0.15, -0.1) is 0 Å². The van der Waals surface area contributed by atoms with Crippen LogP contribution in [0.2, 0.25) is 0 Å². The van der Waals surface area contributed by atoms with E-state index in [0.29, 0.717) is 18.8 Å². The number of likely N-dealkylation sites (N-methyl/N-ethyl adjacent to an activating group) is 1. The molecular weight excluding hydrogens is 246 g/mol. The summed E-state index contributed by atoms with van der Waals surface area (Å²) >= 11 is 0. The molecule has 0 saturated carbocycles. The molecule has 0 aliphatic carbocycles. The number of amides is 1. The normalized spacial score (nSPS) is 19.8. The lowest BCUT2D eigenvalue weighted by Gasteiger charge is -2.32. The number of carbonyl (C=O) groups excluding carboxylic acids is 2. The van der Waals surface area contributed by atoms with Crippen molar-refractivity contribution in [3.05, 3.63) is 24.5 Å². The molecule has 1 N–H and O–H groups in total. The maximum atomic E-state index is 11.9. The Balaban J connectivity index is 1.95. The highest BCUT2D eigenvalue weighted by Gasteiger charge is 2.32. The van der Waals surface area contributed by atoms with Gasteiger partial charge in [0.15, 0.2) is 0 Å². The first-order valence-corrected chi connectivity index (χ1v) is 6.31. The molecule has 1 aromatic heterocycles. The van der Waals surface area contributed by atoms with E-state index in [0.717, 1.165) is 6.54 Å². The van der Waals surface area contributed by atoms with Gasteiger partial charge >= 0.3 is 5.97 Å². The Morgan fingerprint density at radius 2 is 2.47 bits per heavy atom. The predicted molar refractivity (Wildman–Crippen MR) is 69.5 cm³/mol. The van der Waals surface area contributed by atoms with Crippen LogP contribution in [0.25, 0.3) is 0 Å². The van der Waals surface area contributed by atoms with Gasteiger partial charge in [-0.25, -0.2) is 0 Å². The number of hydrogen-bond acceptors (Lipinski definition) is 5. The highest BCUT2D eigenvalue weighted by atomic mass is 16.5. The van der Waals surface area contributed by atoms with E-state index >= 15 is 0 Å². The molecule has 6 nitrogen and oxygen atoms in total. The lowest BCUT2D eigenvalue weighted by atomic mass is 10.1. The maximum Gasteiger partial charge on any atom is 0.323 e. The van der Waals surface area contributed by atoms with E-state index in [1.54, 1.807) is 24.5 Å². The molecule has 1 saturated heterocycles. The van der Waals surface area contributed by atoms with Crippen LogP contribution in [0.3, 0.4) is 0 Å².